The molecule has 192 valence electrons. The molecule has 4 heterocycles. The van der Waals surface area contributed by atoms with Crippen LogP contribution in [0.2, 0.25) is 0 Å². The number of imide groups is 1. The van der Waals surface area contributed by atoms with E-state index in [0.717, 1.165) is 31.5 Å². The van der Waals surface area contributed by atoms with Gasteiger partial charge in [0.15, 0.2) is 0 Å². The minimum Gasteiger partial charge on any atom is -0.336 e. The number of carbonyl (C=O) groups excluding carboxylic acids is 3. The first-order chi connectivity index (χ1) is 17.6. The predicted octanol–water partition coefficient (Wildman–Crippen LogP) is 3.35. The molecule has 36 heavy (non-hydrogen) atoms. The van der Waals surface area contributed by atoms with Crippen LogP contribution in [0, 0.1) is 11.8 Å². The van der Waals surface area contributed by atoms with Crippen molar-refractivity contribution in [1.29, 1.82) is 0 Å². The molecule has 0 unspecified atom stereocenters. The lowest BCUT2D eigenvalue weighted by Crippen LogP contribution is -2.60. The summed E-state index contributed by atoms with van der Waals surface area (Å²) in [5.74, 6) is 1.11. The van der Waals surface area contributed by atoms with Crippen LogP contribution in [0.3, 0.4) is 0 Å². The Morgan fingerprint density at radius 2 is 1.92 bits per heavy atom. The standard InChI is InChI=1S/C29H38N4O3/c34-26(12-11-24-28(35)33(29(36)30-24)16-13-20-7-2-1-3-8-20)32-15-6-9-21-17-22-18-23(27(21)32)19-31-14-5-4-10-25(22)31/h1-3,7-8,17,22-25,27H,4-6,9-16,18-19H2,(H,30,36)/t22-,23-,24-,25-,27-/m0/s1. The van der Waals surface area contributed by atoms with Crippen LogP contribution in [0.1, 0.15) is 56.9 Å². The van der Waals surface area contributed by atoms with Crippen LogP contribution in [0.4, 0.5) is 4.79 Å². The lowest BCUT2D eigenvalue weighted by atomic mass is 9.68. The molecule has 1 N–H and O–H groups in total. The zero-order valence-corrected chi connectivity index (χ0v) is 21.1. The summed E-state index contributed by atoms with van der Waals surface area (Å²) >= 11 is 0. The average molecular weight is 491 g/mol. The second-order valence-corrected chi connectivity index (χ2v) is 11.4. The lowest BCUT2D eigenvalue weighted by molar-refractivity contribution is -0.136. The van der Waals surface area contributed by atoms with E-state index in [1.165, 1.54) is 42.7 Å². The number of hydrogen-bond acceptors (Lipinski definition) is 4. The molecule has 1 aromatic rings. The zero-order chi connectivity index (χ0) is 24.6. The minimum atomic E-state index is -0.600. The third-order valence-electron chi connectivity index (χ3n) is 9.20. The number of urea groups is 1. The van der Waals surface area contributed by atoms with Gasteiger partial charge in [0.1, 0.15) is 6.04 Å². The number of benzene rings is 1. The normalized spacial score (nSPS) is 32.0. The number of amides is 4. The molecule has 5 atom stereocenters. The molecule has 0 aromatic heterocycles. The number of nitrogens with one attached hydrogen (secondary N) is 1. The summed E-state index contributed by atoms with van der Waals surface area (Å²) < 4.78 is 0. The molecule has 4 amide bonds. The maximum Gasteiger partial charge on any atom is 0.324 e. The fourth-order valence-corrected chi connectivity index (χ4v) is 7.53. The van der Waals surface area contributed by atoms with Crippen molar-refractivity contribution >= 4 is 17.8 Å². The summed E-state index contributed by atoms with van der Waals surface area (Å²) in [4.78, 5) is 45.0. The maximum absolute atomic E-state index is 13.5. The molecule has 6 rings (SSSR count). The van der Waals surface area contributed by atoms with E-state index < -0.39 is 6.04 Å². The minimum absolute atomic E-state index is 0.134. The molecule has 5 aliphatic rings. The molecule has 0 spiro atoms. The summed E-state index contributed by atoms with van der Waals surface area (Å²) in [5, 5.41) is 2.82. The number of hydrogen-bond donors (Lipinski definition) is 1. The van der Waals surface area contributed by atoms with Gasteiger partial charge in [0.2, 0.25) is 5.91 Å². The van der Waals surface area contributed by atoms with E-state index in [9.17, 15) is 14.4 Å². The molecule has 0 saturated carbocycles. The highest BCUT2D eigenvalue weighted by Gasteiger charge is 2.47. The molecule has 1 aliphatic carbocycles. The Morgan fingerprint density at radius 1 is 1.06 bits per heavy atom. The zero-order valence-electron chi connectivity index (χ0n) is 21.1. The van der Waals surface area contributed by atoms with Gasteiger partial charge in [-0.2, -0.15) is 0 Å². The Bertz CT molecular complexity index is 1040. The molecule has 0 radical (unpaired) electrons. The number of rotatable bonds is 6. The first-order valence-corrected chi connectivity index (χ1v) is 14.0. The summed E-state index contributed by atoms with van der Waals surface area (Å²) in [6.45, 7) is 3.48. The van der Waals surface area contributed by atoms with Crippen molar-refractivity contribution < 1.29 is 14.4 Å². The number of nitrogens with zero attached hydrogens (tertiary/aromatic N) is 3. The number of likely N-dealkylation sites (tertiary alicyclic amines) is 1. The van der Waals surface area contributed by atoms with E-state index >= 15 is 0 Å². The molecule has 7 nitrogen and oxygen atoms in total. The summed E-state index contributed by atoms with van der Waals surface area (Å²) in [6, 6.07) is 9.86. The van der Waals surface area contributed by atoms with E-state index in [-0.39, 0.29) is 23.9 Å². The van der Waals surface area contributed by atoms with Crippen LogP contribution in [-0.4, -0.2) is 76.8 Å². The molecule has 7 heteroatoms. The van der Waals surface area contributed by atoms with E-state index in [1.807, 2.05) is 30.3 Å². The van der Waals surface area contributed by atoms with Crippen LogP contribution >= 0.6 is 0 Å². The van der Waals surface area contributed by atoms with Gasteiger partial charge in [-0.15, -0.1) is 0 Å². The van der Waals surface area contributed by atoms with Crippen LogP contribution < -0.4 is 5.32 Å². The van der Waals surface area contributed by atoms with E-state index in [1.54, 1.807) is 0 Å². The molecular weight excluding hydrogens is 452 g/mol. The van der Waals surface area contributed by atoms with Gasteiger partial charge in [0.25, 0.3) is 5.91 Å². The van der Waals surface area contributed by atoms with E-state index in [4.69, 9.17) is 0 Å². The fourth-order valence-electron chi connectivity index (χ4n) is 7.53. The second kappa shape index (κ2) is 10.0. The third-order valence-corrected chi connectivity index (χ3v) is 9.20. The second-order valence-electron chi connectivity index (χ2n) is 11.4. The van der Waals surface area contributed by atoms with E-state index in [0.29, 0.717) is 43.7 Å². The van der Waals surface area contributed by atoms with E-state index in [2.05, 4.69) is 21.2 Å². The topological polar surface area (TPSA) is 73.0 Å². The molecule has 4 aliphatic heterocycles. The molecule has 4 fully saturated rings. The number of piperidine rings is 3. The predicted molar refractivity (Wildman–Crippen MR) is 137 cm³/mol. The van der Waals surface area contributed by atoms with Crippen LogP contribution in [0.15, 0.2) is 42.0 Å². The Labute approximate surface area is 213 Å². The Morgan fingerprint density at radius 3 is 2.78 bits per heavy atom. The van der Waals surface area contributed by atoms with Crippen molar-refractivity contribution in [2.45, 2.75) is 75.9 Å². The largest absolute Gasteiger partial charge is 0.336 e. The molecule has 1 aromatic carbocycles. The van der Waals surface area contributed by atoms with Gasteiger partial charge in [0.05, 0.1) is 6.04 Å². The van der Waals surface area contributed by atoms with Gasteiger partial charge < -0.3 is 10.2 Å². The Kier molecular flexibility index (Phi) is 6.59. The fraction of sp³-hybridized carbons (Fsp3) is 0.621. The summed E-state index contributed by atoms with van der Waals surface area (Å²) in [6.07, 6.45) is 11.1. The summed E-state index contributed by atoms with van der Waals surface area (Å²) in [5.41, 5.74) is 2.58. The quantitative estimate of drug-likeness (QED) is 0.490. The first kappa shape index (κ1) is 23.7. The highest BCUT2D eigenvalue weighted by Crippen LogP contribution is 2.45. The van der Waals surface area contributed by atoms with Crippen molar-refractivity contribution in [3.63, 3.8) is 0 Å². The van der Waals surface area contributed by atoms with Gasteiger partial charge in [-0.3, -0.25) is 19.4 Å². The Balaban J connectivity index is 1.07. The van der Waals surface area contributed by atoms with Gasteiger partial charge in [-0.1, -0.05) is 48.4 Å². The lowest BCUT2D eigenvalue weighted by Gasteiger charge is -2.54. The van der Waals surface area contributed by atoms with Gasteiger partial charge in [-0.25, -0.2) is 4.79 Å². The SMILES string of the molecule is O=C1N[C@@H](CCC(=O)N2CCCC3=C[C@H]4C[C@@H](CN5CCCC[C@@H]45)[C@H]32)C(=O)N1CCc1ccccc1. The highest BCUT2D eigenvalue weighted by molar-refractivity contribution is 6.04. The van der Waals surface area contributed by atoms with Crippen LogP contribution in [-0.2, 0) is 16.0 Å². The van der Waals surface area contributed by atoms with Gasteiger partial charge in [-0.05, 0) is 68.9 Å². The van der Waals surface area contributed by atoms with Gasteiger partial charge in [0, 0.05) is 32.1 Å². The van der Waals surface area contributed by atoms with Crippen molar-refractivity contribution in [2.24, 2.45) is 11.8 Å². The molecule has 4 saturated heterocycles. The molecule has 2 bridgehead atoms. The smallest absolute Gasteiger partial charge is 0.324 e. The van der Waals surface area contributed by atoms with Gasteiger partial charge >= 0.3 is 6.03 Å². The maximum atomic E-state index is 13.5. The summed E-state index contributed by atoms with van der Waals surface area (Å²) in [7, 11) is 0. The third kappa shape index (κ3) is 4.47. The number of carbonyl (C=O) groups is 3. The Hall–Kier alpha value is -2.67. The van der Waals surface area contributed by atoms with Crippen molar-refractivity contribution in [1.82, 2.24) is 20.0 Å². The molecular formula is C29H38N4O3. The average Bonchev–Trinajstić information content (AvgIpc) is 3.18. The van der Waals surface area contributed by atoms with Crippen LogP contribution in [0.25, 0.3) is 0 Å². The van der Waals surface area contributed by atoms with Crippen molar-refractivity contribution in [3.05, 3.63) is 47.5 Å². The monoisotopic (exact) mass is 490 g/mol. The highest BCUT2D eigenvalue weighted by atomic mass is 16.2. The van der Waals surface area contributed by atoms with Crippen molar-refractivity contribution in [2.75, 3.05) is 26.2 Å². The first-order valence-electron chi connectivity index (χ1n) is 14.0. The van der Waals surface area contributed by atoms with Crippen molar-refractivity contribution in [3.8, 4) is 0 Å². The number of fused-ring (bicyclic) bond motifs is 6. The van der Waals surface area contributed by atoms with Crippen LogP contribution in [0.5, 0.6) is 0 Å².